The van der Waals surface area contributed by atoms with Gasteiger partial charge >= 0.3 is 0 Å². The Labute approximate surface area is 115 Å². The van der Waals surface area contributed by atoms with Gasteiger partial charge in [0.25, 0.3) is 0 Å². The molecule has 2 aromatic carbocycles. The molecule has 0 aliphatic rings. The molecule has 0 bridgehead atoms. The molecule has 0 aliphatic carbocycles. The van der Waals surface area contributed by atoms with Gasteiger partial charge in [-0.3, -0.25) is 4.79 Å². The Morgan fingerprint density at radius 2 is 2.00 bits per heavy atom. The van der Waals surface area contributed by atoms with Crippen molar-refractivity contribution in [2.45, 2.75) is 6.42 Å². The second-order valence-corrected chi connectivity index (χ2v) is 4.43. The van der Waals surface area contributed by atoms with Crippen molar-refractivity contribution in [3.05, 3.63) is 64.4 Å². The highest BCUT2D eigenvalue weighted by atomic mass is 35.5. The summed E-state index contributed by atoms with van der Waals surface area (Å²) in [7, 11) is 1.56. The van der Waals surface area contributed by atoms with Crippen molar-refractivity contribution in [1.29, 1.82) is 0 Å². The largest absolute Gasteiger partial charge is 0.497 e. The van der Waals surface area contributed by atoms with E-state index in [0.717, 1.165) is 5.56 Å². The number of hydrogen-bond acceptors (Lipinski definition) is 2. The maximum absolute atomic E-state index is 13.3. The molecular weight excluding hydrogens is 267 g/mol. The fourth-order valence-corrected chi connectivity index (χ4v) is 2.01. The Bertz CT molecular complexity index is 611. The van der Waals surface area contributed by atoms with Gasteiger partial charge in [-0.05, 0) is 29.8 Å². The summed E-state index contributed by atoms with van der Waals surface area (Å²) in [5.74, 6) is -0.133. The molecule has 0 atom stereocenters. The molecule has 0 radical (unpaired) electrons. The zero-order chi connectivity index (χ0) is 13.8. The Morgan fingerprint density at radius 3 is 2.74 bits per heavy atom. The number of methoxy groups -OCH3 is 1. The van der Waals surface area contributed by atoms with Gasteiger partial charge in [-0.2, -0.15) is 0 Å². The SMILES string of the molecule is COc1cccc(CC(=O)c2cccc(F)c2Cl)c1. The van der Waals surface area contributed by atoms with Crippen LogP contribution in [0.3, 0.4) is 0 Å². The van der Waals surface area contributed by atoms with E-state index in [-0.39, 0.29) is 22.8 Å². The smallest absolute Gasteiger partial charge is 0.168 e. The average molecular weight is 279 g/mol. The minimum atomic E-state index is -0.585. The number of carbonyl (C=O) groups excluding carboxylic acids is 1. The number of hydrogen-bond donors (Lipinski definition) is 0. The molecule has 0 saturated heterocycles. The summed E-state index contributed by atoms with van der Waals surface area (Å²) in [6.45, 7) is 0. The predicted molar refractivity (Wildman–Crippen MR) is 72.4 cm³/mol. The van der Waals surface area contributed by atoms with Crippen molar-refractivity contribution < 1.29 is 13.9 Å². The lowest BCUT2D eigenvalue weighted by atomic mass is 10.0. The van der Waals surface area contributed by atoms with Gasteiger partial charge in [0.2, 0.25) is 0 Å². The van der Waals surface area contributed by atoms with Crippen molar-refractivity contribution >= 4 is 17.4 Å². The van der Waals surface area contributed by atoms with Crippen LogP contribution in [-0.4, -0.2) is 12.9 Å². The summed E-state index contributed by atoms with van der Waals surface area (Å²) in [6.07, 6.45) is 0.153. The molecule has 98 valence electrons. The molecule has 19 heavy (non-hydrogen) atoms. The standard InChI is InChI=1S/C15H12ClFO2/c1-19-11-5-2-4-10(8-11)9-14(18)12-6-3-7-13(17)15(12)16/h2-8H,9H2,1H3. The monoisotopic (exact) mass is 278 g/mol. The van der Waals surface area contributed by atoms with Crippen LogP contribution < -0.4 is 4.74 Å². The number of rotatable bonds is 4. The normalized spacial score (nSPS) is 10.3. The number of Topliss-reactive ketones (excluding diaryl/α,β-unsaturated/α-hetero) is 1. The fourth-order valence-electron chi connectivity index (χ4n) is 1.78. The highest BCUT2D eigenvalue weighted by Gasteiger charge is 2.14. The van der Waals surface area contributed by atoms with Crippen molar-refractivity contribution in [3.63, 3.8) is 0 Å². The Hall–Kier alpha value is -1.87. The predicted octanol–water partition coefficient (Wildman–Crippen LogP) is 3.91. The van der Waals surface area contributed by atoms with Gasteiger partial charge in [0, 0.05) is 12.0 Å². The zero-order valence-corrected chi connectivity index (χ0v) is 11.1. The number of benzene rings is 2. The molecule has 0 saturated carbocycles. The van der Waals surface area contributed by atoms with Crippen molar-refractivity contribution in [2.75, 3.05) is 7.11 Å². The van der Waals surface area contributed by atoms with Crippen LogP contribution in [0.1, 0.15) is 15.9 Å². The Morgan fingerprint density at radius 1 is 1.26 bits per heavy atom. The molecule has 0 fully saturated rings. The van der Waals surface area contributed by atoms with E-state index in [0.29, 0.717) is 5.75 Å². The lowest BCUT2D eigenvalue weighted by Crippen LogP contribution is -2.05. The van der Waals surface area contributed by atoms with Crippen molar-refractivity contribution in [3.8, 4) is 5.75 Å². The molecule has 0 heterocycles. The number of carbonyl (C=O) groups is 1. The van der Waals surface area contributed by atoms with E-state index in [4.69, 9.17) is 16.3 Å². The summed E-state index contributed by atoms with van der Waals surface area (Å²) in [5, 5.41) is -0.129. The van der Waals surface area contributed by atoms with Gasteiger partial charge in [-0.25, -0.2) is 4.39 Å². The van der Waals surface area contributed by atoms with Crippen LogP contribution in [0.25, 0.3) is 0 Å². The van der Waals surface area contributed by atoms with Crippen LogP contribution >= 0.6 is 11.6 Å². The first-order chi connectivity index (χ1) is 9.11. The second-order valence-electron chi connectivity index (χ2n) is 4.05. The molecule has 0 aromatic heterocycles. The average Bonchev–Trinajstić information content (AvgIpc) is 2.42. The molecule has 0 N–H and O–H groups in total. The quantitative estimate of drug-likeness (QED) is 0.793. The summed E-state index contributed by atoms with van der Waals surface area (Å²) in [4.78, 5) is 12.1. The summed E-state index contributed by atoms with van der Waals surface area (Å²) in [6, 6.07) is 11.4. The highest BCUT2D eigenvalue weighted by molar-refractivity contribution is 6.34. The third kappa shape index (κ3) is 3.12. The molecule has 2 nitrogen and oxygen atoms in total. The molecule has 2 rings (SSSR count). The molecular formula is C15H12ClFO2. The minimum absolute atomic E-state index is 0.129. The van der Waals surface area contributed by atoms with Gasteiger partial charge < -0.3 is 4.74 Å². The number of halogens is 2. The van der Waals surface area contributed by atoms with Crippen molar-refractivity contribution in [1.82, 2.24) is 0 Å². The van der Waals surface area contributed by atoms with Gasteiger partial charge in [-0.1, -0.05) is 29.8 Å². The first kappa shape index (κ1) is 13.6. The van der Waals surface area contributed by atoms with Crippen LogP contribution in [0, 0.1) is 5.82 Å². The first-order valence-electron chi connectivity index (χ1n) is 5.72. The summed E-state index contributed by atoms with van der Waals surface area (Å²) >= 11 is 5.79. The molecule has 2 aromatic rings. The lowest BCUT2D eigenvalue weighted by Gasteiger charge is -2.06. The summed E-state index contributed by atoms with van der Waals surface area (Å²) in [5.41, 5.74) is 0.995. The van der Waals surface area contributed by atoms with Gasteiger partial charge in [-0.15, -0.1) is 0 Å². The number of ether oxygens (including phenoxy) is 1. The van der Waals surface area contributed by atoms with Gasteiger partial charge in [0.1, 0.15) is 11.6 Å². The van der Waals surface area contributed by atoms with E-state index in [2.05, 4.69) is 0 Å². The highest BCUT2D eigenvalue weighted by Crippen LogP contribution is 2.22. The minimum Gasteiger partial charge on any atom is -0.497 e. The van der Waals surface area contributed by atoms with E-state index in [1.54, 1.807) is 25.3 Å². The van der Waals surface area contributed by atoms with E-state index in [9.17, 15) is 9.18 Å². The molecule has 4 heteroatoms. The van der Waals surface area contributed by atoms with Crippen LogP contribution in [0.4, 0.5) is 4.39 Å². The molecule has 0 aliphatic heterocycles. The van der Waals surface area contributed by atoms with E-state index < -0.39 is 5.82 Å². The number of ketones is 1. The van der Waals surface area contributed by atoms with Crippen LogP contribution in [0.15, 0.2) is 42.5 Å². The molecule has 0 amide bonds. The maximum atomic E-state index is 13.3. The van der Waals surface area contributed by atoms with Gasteiger partial charge in [0.15, 0.2) is 5.78 Å². The van der Waals surface area contributed by atoms with E-state index in [1.807, 2.05) is 6.07 Å². The Kier molecular flexibility index (Phi) is 4.17. The topological polar surface area (TPSA) is 26.3 Å². The van der Waals surface area contributed by atoms with Gasteiger partial charge in [0.05, 0.1) is 12.1 Å². The van der Waals surface area contributed by atoms with E-state index in [1.165, 1.54) is 18.2 Å². The van der Waals surface area contributed by atoms with Crippen LogP contribution in [0.2, 0.25) is 5.02 Å². The maximum Gasteiger partial charge on any atom is 0.168 e. The third-order valence-electron chi connectivity index (χ3n) is 2.75. The second kappa shape index (κ2) is 5.85. The lowest BCUT2D eigenvalue weighted by molar-refractivity contribution is 0.0992. The van der Waals surface area contributed by atoms with E-state index >= 15 is 0 Å². The van der Waals surface area contributed by atoms with Crippen molar-refractivity contribution in [2.24, 2.45) is 0 Å². The first-order valence-corrected chi connectivity index (χ1v) is 6.09. The molecule has 0 unspecified atom stereocenters. The summed E-state index contributed by atoms with van der Waals surface area (Å²) < 4.78 is 18.4. The molecule has 0 spiro atoms. The third-order valence-corrected chi connectivity index (χ3v) is 3.13. The zero-order valence-electron chi connectivity index (χ0n) is 10.3. The van der Waals surface area contributed by atoms with Crippen LogP contribution in [-0.2, 0) is 6.42 Å². The Balaban J connectivity index is 2.23. The fraction of sp³-hybridized carbons (Fsp3) is 0.133. The van der Waals surface area contributed by atoms with Crippen LogP contribution in [0.5, 0.6) is 5.75 Å².